The van der Waals surface area contributed by atoms with Gasteiger partial charge in [0.05, 0.1) is 10.4 Å². The van der Waals surface area contributed by atoms with E-state index in [0.29, 0.717) is 9.90 Å². The van der Waals surface area contributed by atoms with Crippen LogP contribution in [-0.2, 0) is 10.0 Å². The third kappa shape index (κ3) is 3.59. The number of rotatable bonds is 5. The SMILES string of the molecule is Cc1cc(S(=O)(=O)NCC(O)c2ccccc2)sc1Cl. The summed E-state index contributed by atoms with van der Waals surface area (Å²) in [6.45, 7) is 1.66. The Morgan fingerprint density at radius 3 is 2.55 bits per heavy atom. The van der Waals surface area contributed by atoms with Gasteiger partial charge >= 0.3 is 0 Å². The van der Waals surface area contributed by atoms with Gasteiger partial charge in [-0.1, -0.05) is 41.9 Å². The van der Waals surface area contributed by atoms with Gasteiger partial charge in [-0.25, -0.2) is 13.1 Å². The largest absolute Gasteiger partial charge is 0.387 e. The van der Waals surface area contributed by atoms with Crippen molar-refractivity contribution in [2.75, 3.05) is 6.54 Å². The lowest BCUT2D eigenvalue weighted by atomic mass is 10.1. The molecule has 0 bridgehead atoms. The van der Waals surface area contributed by atoms with Crippen molar-refractivity contribution in [1.82, 2.24) is 4.72 Å². The van der Waals surface area contributed by atoms with Crippen LogP contribution in [0.15, 0.2) is 40.6 Å². The fourth-order valence-corrected chi connectivity index (χ4v) is 4.41. The molecule has 0 saturated carbocycles. The summed E-state index contributed by atoms with van der Waals surface area (Å²) in [5.74, 6) is 0. The highest BCUT2D eigenvalue weighted by Crippen LogP contribution is 2.30. The molecule has 20 heavy (non-hydrogen) atoms. The number of aliphatic hydroxyl groups excluding tert-OH is 1. The van der Waals surface area contributed by atoms with Crippen molar-refractivity contribution in [3.63, 3.8) is 0 Å². The minimum atomic E-state index is -3.64. The fourth-order valence-electron chi connectivity index (χ4n) is 1.62. The molecule has 0 fully saturated rings. The van der Waals surface area contributed by atoms with Crippen LogP contribution in [0.1, 0.15) is 17.2 Å². The number of halogens is 1. The summed E-state index contributed by atoms with van der Waals surface area (Å²) >= 11 is 6.87. The first-order chi connectivity index (χ1) is 9.40. The minimum absolute atomic E-state index is 0.0824. The molecule has 0 aliphatic heterocycles. The third-order valence-corrected chi connectivity index (χ3v) is 6.20. The van der Waals surface area contributed by atoms with E-state index in [4.69, 9.17) is 11.6 Å². The number of benzene rings is 1. The Morgan fingerprint density at radius 2 is 2.00 bits per heavy atom. The first-order valence-corrected chi connectivity index (χ1v) is 8.56. The molecular weight excluding hydrogens is 318 g/mol. The molecule has 0 aliphatic rings. The van der Waals surface area contributed by atoms with Crippen LogP contribution in [0, 0.1) is 6.92 Å². The average Bonchev–Trinajstić information content (AvgIpc) is 2.78. The van der Waals surface area contributed by atoms with Gasteiger partial charge in [0.15, 0.2) is 0 Å². The maximum absolute atomic E-state index is 12.1. The topological polar surface area (TPSA) is 66.4 Å². The van der Waals surface area contributed by atoms with Crippen LogP contribution in [0.4, 0.5) is 0 Å². The molecule has 1 heterocycles. The Labute approximate surface area is 127 Å². The molecule has 2 aromatic rings. The predicted octanol–water partition coefficient (Wildman–Crippen LogP) is 2.72. The van der Waals surface area contributed by atoms with Crippen molar-refractivity contribution in [2.24, 2.45) is 0 Å². The standard InChI is InChI=1S/C13H14ClNO3S2/c1-9-7-12(19-13(9)14)20(17,18)15-8-11(16)10-5-3-2-4-6-10/h2-7,11,15-16H,8H2,1H3. The zero-order valence-corrected chi connectivity index (χ0v) is 13.1. The van der Waals surface area contributed by atoms with Gasteiger partial charge in [-0.2, -0.15) is 0 Å². The number of nitrogens with one attached hydrogen (secondary N) is 1. The van der Waals surface area contributed by atoms with Crippen molar-refractivity contribution < 1.29 is 13.5 Å². The highest BCUT2D eigenvalue weighted by atomic mass is 35.5. The molecule has 0 amide bonds. The Hall–Kier alpha value is -0.920. The summed E-state index contributed by atoms with van der Waals surface area (Å²) in [4.78, 5) is 0. The van der Waals surface area contributed by atoms with Crippen LogP contribution < -0.4 is 4.72 Å². The van der Waals surface area contributed by atoms with Crippen LogP contribution in [-0.4, -0.2) is 20.1 Å². The summed E-state index contributed by atoms with van der Waals surface area (Å²) in [5.41, 5.74) is 1.39. The normalized spacial score (nSPS) is 13.3. The second-order valence-electron chi connectivity index (χ2n) is 4.30. The van der Waals surface area contributed by atoms with Gasteiger partial charge in [0.25, 0.3) is 0 Å². The molecule has 1 unspecified atom stereocenters. The second-order valence-corrected chi connectivity index (χ2v) is 7.95. The van der Waals surface area contributed by atoms with Crippen molar-refractivity contribution >= 4 is 33.0 Å². The molecule has 2 N–H and O–H groups in total. The molecule has 1 atom stereocenters. The number of thiophene rings is 1. The summed E-state index contributed by atoms with van der Waals surface area (Å²) in [7, 11) is -3.64. The predicted molar refractivity (Wildman–Crippen MR) is 80.7 cm³/mol. The summed E-state index contributed by atoms with van der Waals surface area (Å²) in [6.07, 6.45) is -0.887. The molecule has 0 aliphatic carbocycles. The first kappa shape index (κ1) is 15.5. The maximum atomic E-state index is 12.1. The number of aryl methyl sites for hydroxylation is 1. The molecule has 0 spiro atoms. The van der Waals surface area contributed by atoms with Gasteiger partial charge in [0, 0.05) is 6.54 Å². The monoisotopic (exact) mass is 331 g/mol. The molecule has 0 saturated heterocycles. The molecule has 1 aromatic heterocycles. The molecule has 7 heteroatoms. The molecular formula is C13H14ClNO3S2. The quantitative estimate of drug-likeness (QED) is 0.885. The minimum Gasteiger partial charge on any atom is -0.387 e. The maximum Gasteiger partial charge on any atom is 0.250 e. The Kier molecular flexibility index (Phi) is 4.82. The smallest absolute Gasteiger partial charge is 0.250 e. The Balaban J connectivity index is 2.06. The van der Waals surface area contributed by atoms with Crippen LogP contribution >= 0.6 is 22.9 Å². The highest BCUT2D eigenvalue weighted by Gasteiger charge is 2.19. The van der Waals surface area contributed by atoms with E-state index < -0.39 is 16.1 Å². The van der Waals surface area contributed by atoms with E-state index in [1.165, 1.54) is 6.07 Å². The van der Waals surface area contributed by atoms with Gasteiger partial charge in [0.1, 0.15) is 4.21 Å². The molecule has 108 valence electrons. The Bertz CT molecular complexity index is 663. The van der Waals surface area contributed by atoms with Gasteiger partial charge in [0.2, 0.25) is 10.0 Å². The van der Waals surface area contributed by atoms with Crippen LogP contribution in [0.25, 0.3) is 0 Å². The Morgan fingerprint density at radius 1 is 1.35 bits per heavy atom. The third-order valence-electron chi connectivity index (χ3n) is 2.75. The summed E-state index contributed by atoms with van der Waals surface area (Å²) in [5, 5.41) is 9.94. The van der Waals surface area contributed by atoms with Gasteiger partial charge in [-0.3, -0.25) is 0 Å². The molecule has 2 rings (SSSR count). The fraction of sp³-hybridized carbons (Fsp3) is 0.231. The lowest BCUT2D eigenvalue weighted by Gasteiger charge is -2.11. The van der Waals surface area contributed by atoms with E-state index in [0.717, 1.165) is 16.9 Å². The van der Waals surface area contributed by atoms with E-state index >= 15 is 0 Å². The second kappa shape index (κ2) is 6.24. The van der Waals surface area contributed by atoms with E-state index in [-0.39, 0.29) is 10.8 Å². The van der Waals surface area contributed by atoms with Crippen LogP contribution in [0.3, 0.4) is 0 Å². The number of hydrogen-bond acceptors (Lipinski definition) is 4. The summed E-state index contributed by atoms with van der Waals surface area (Å²) in [6, 6.07) is 10.4. The highest BCUT2D eigenvalue weighted by molar-refractivity contribution is 7.91. The zero-order valence-electron chi connectivity index (χ0n) is 10.7. The first-order valence-electron chi connectivity index (χ1n) is 5.89. The number of aliphatic hydroxyl groups is 1. The average molecular weight is 332 g/mol. The van der Waals surface area contributed by atoms with Crippen molar-refractivity contribution in [1.29, 1.82) is 0 Å². The lowest BCUT2D eigenvalue weighted by Crippen LogP contribution is -2.28. The van der Waals surface area contributed by atoms with Gasteiger partial charge < -0.3 is 5.11 Å². The zero-order chi connectivity index (χ0) is 14.8. The van der Waals surface area contributed by atoms with Crippen molar-refractivity contribution in [3.05, 3.63) is 51.9 Å². The van der Waals surface area contributed by atoms with Crippen molar-refractivity contribution in [3.8, 4) is 0 Å². The van der Waals surface area contributed by atoms with Gasteiger partial charge in [-0.15, -0.1) is 11.3 Å². The summed E-state index contributed by atoms with van der Waals surface area (Å²) < 4.78 is 27.1. The molecule has 0 radical (unpaired) electrons. The van der Waals surface area contributed by atoms with E-state index in [1.807, 2.05) is 6.07 Å². The van der Waals surface area contributed by atoms with E-state index in [2.05, 4.69) is 4.72 Å². The molecule has 1 aromatic carbocycles. The van der Waals surface area contributed by atoms with E-state index in [1.54, 1.807) is 31.2 Å². The van der Waals surface area contributed by atoms with Crippen molar-refractivity contribution in [2.45, 2.75) is 17.2 Å². The molecule has 4 nitrogen and oxygen atoms in total. The lowest BCUT2D eigenvalue weighted by molar-refractivity contribution is 0.182. The number of sulfonamides is 1. The van der Waals surface area contributed by atoms with Crippen LogP contribution in [0.5, 0.6) is 0 Å². The van der Waals surface area contributed by atoms with Crippen LogP contribution in [0.2, 0.25) is 4.34 Å². The van der Waals surface area contributed by atoms with Gasteiger partial charge in [-0.05, 0) is 24.1 Å². The van der Waals surface area contributed by atoms with E-state index in [9.17, 15) is 13.5 Å². The number of hydrogen-bond donors (Lipinski definition) is 2.